The van der Waals surface area contributed by atoms with Crippen LogP contribution in [0.4, 0.5) is 4.79 Å². The lowest BCUT2D eigenvalue weighted by Crippen LogP contribution is -2.67. The molecule has 50 heavy (non-hydrogen) atoms. The second-order valence-electron chi connectivity index (χ2n) is 19.2. The fourth-order valence-corrected chi connectivity index (χ4v) is 12.7. The molecular formula is C40H65NO9. The van der Waals surface area contributed by atoms with E-state index in [4.69, 9.17) is 14.2 Å². The summed E-state index contributed by atoms with van der Waals surface area (Å²) in [5.74, 6) is 0.239. The molecule has 1 amide bonds. The largest absolute Gasteiger partial charge is 0.481 e. The van der Waals surface area contributed by atoms with Gasteiger partial charge in [0.1, 0.15) is 24.4 Å². The van der Waals surface area contributed by atoms with Crippen LogP contribution in [0.3, 0.4) is 0 Å². The van der Waals surface area contributed by atoms with Crippen LogP contribution in [0.15, 0.2) is 11.6 Å². The molecule has 0 aromatic rings. The van der Waals surface area contributed by atoms with Gasteiger partial charge in [-0.05, 0) is 115 Å². The Kier molecular flexibility index (Phi) is 9.88. The van der Waals surface area contributed by atoms with Crippen molar-refractivity contribution in [1.82, 2.24) is 5.32 Å². The lowest BCUT2D eigenvalue weighted by Gasteiger charge is -2.71. The number of aliphatic carboxylic acids is 1. The zero-order valence-electron chi connectivity index (χ0n) is 31.8. The van der Waals surface area contributed by atoms with Crippen molar-refractivity contribution >= 4 is 12.1 Å². The number of nitrogens with one attached hydrogen (secondary N) is 1. The van der Waals surface area contributed by atoms with Crippen LogP contribution in [0.25, 0.3) is 0 Å². The highest BCUT2D eigenvalue weighted by molar-refractivity contribution is 5.76. The van der Waals surface area contributed by atoms with Crippen LogP contribution in [0, 0.1) is 50.2 Å². The Labute approximate surface area is 299 Å². The minimum absolute atomic E-state index is 0.0208. The molecule has 10 nitrogen and oxygen atoms in total. The molecule has 284 valence electrons. The van der Waals surface area contributed by atoms with Gasteiger partial charge in [-0.15, -0.1) is 0 Å². The Hall–Kier alpha value is -1.72. The van der Waals surface area contributed by atoms with Crippen LogP contribution in [0.2, 0.25) is 0 Å². The van der Waals surface area contributed by atoms with Crippen LogP contribution in [0.5, 0.6) is 0 Å². The first-order chi connectivity index (χ1) is 23.3. The van der Waals surface area contributed by atoms with Crippen LogP contribution in [-0.2, 0) is 19.0 Å². The molecule has 1 aliphatic heterocycles. The first-order valence-corrected chi connectivity index (χ1v) is 19.5. The minimum Gasteiger partial charge on any atom is -0.481 e. The molecule has 0 spiro atoms. The normalized spacial score (nSPS) is 47.7. The fourth-order valence-electron chi connectivity index (χ4n) is 12.7. The molecule has 5 fully saturated rings. The topological polar surface area (TPSA) is 155 Å². The molecule has 5 N–H and O–H groups in total. The molecule has 10 heteroatoms. The number of carboxylic acid groups (broad SMARTS) is 1. The Morgan fingerprint density at radius 2 is 1.64 bits per heavy atom. The summed E-state index contributed by atoms with van der Waals surface area (Å²) in [5, 5.41) is 45.0. The summed E-state index contributed by atoms with van der Waals surface area (Å²) in [4.78, 5) is 25.6. The number of alkyl carbamates (subject to hydrolysis) is 1. The maximum atomic E-state index is 13.0. The molecule has 0 unspecified atom stereocenters. The van der Waals surface area contributed by atoms with E-state index in [9.17, 15) is 30.0 Å². The first kappa shape index (κ1) is 38.0. The quantitative estimate of drug-likeness (QED) is 0.154. The zero-order valence-corrected chi connectivity index (χ0v) is 31.8. The summed E-state index contributed by atoms with van der Waals surface area (Å²) in [5.41, 5.74) is 0.618. The molecule has 0 aromatic heterocycles. The van der Waals surface area contributed by atoms with E-state index in [-0.39, 0.29) is 45.7 Å². The summed E-state index contributed by atoms with van der Waals surface area (Å²) in [6.07, 6.45) is 6.28. The number of carbonyl (C=O) groups excluding carboxylic acids is 1. The van der Waals surface area contributed by atoms with E-state index in [0.717, 1.165) is 64.2 Å². The number of allylic oxidation sites excluding steroid dienone is 2. The smallest absolute Gasteiger partial charge is 0.407 e. The standard InChI is InChI=1S/C40H65NO9/c1-9-20-48-34(47)41-29-31(44)30(43)25(22-42)49-32(29)50-28-13-14-37(6)26(36(28,4)5)12-15-39(8)27(37)11-10-23-24-21-35(2,3)16-18-40(24,33(45)46)19-17-38(23,39)7/h10,24-32,42-44H,9,11-22H2,1-8H3,(H,41,47)(H,45,46)/t24-,25+,26-,27+,28-,29+,30+,31+,32-,37-,38+,39+,40-/m0/s1. The predicted octanol–water partition coefficient (Wildman–Crippen LogP) is 6.20. The van der Waals surface area contributed by atoms with Gasteiger partial charge in [-0.2, -0.15) is 0 Å². The van der Waals surface area contributed by atoms with Gasteiger partial charge in [-0.25, -0.2) is 4.79 Å². The maximum absolute atomic E-state index is 13.0. The molecule has 0 radical (unpaired) electrons. The first-order valence-electron chi connectivity index (χ1n) is 19.5. The number of amides is 1. The highest BCUT2D eigenvalue weighted by Gasteiger charge is 2.69. The third-order valence-electron chi connectivity index (χ3n) is 15.9. The third-order valence-corrected chi connectivity index (χ3v) is 15.9. The van der Waals surface area contributed by atoms with Crippen molar-refractivity contribution in [3.8, 4) is 0 Å². The van der Waals surface area contributed by atoms with E-state index in [1.165, 1.54) is 5.57 Å². The molecule has 6 aliphatic rings. The Balaban J connectivity index is 1.27. The van der Waals surface area contributed by atoms with Crippen LogP contribution in [0.1, 0.15) is 126 Å². The summed E-state index contributed by atoms with van der Waals surface area (Å²) in [6.45, 7) is 18.3. The molecule has 0 bridgehead atoms. The highest BCUT2D eigenvalue weighted by Crippen LogP contribution is 2.76. The second-order valence-corrected chi connectivity index (χ2v) is 19.2. The average molecular weight is 704 g/mol. The summed E-state index contributed by atoms with van der Waals surface area (Å²) in [7, 11) is 0. The minimum atomic E-state index is -1.42. The molecule has 5 aliphatic carbocycles. The number of carbonyl (C=O) groups is 2. The van der Waals surface area contributed by atoms with Crippen LogP contribution in [-0.4, -0.2) is 82.5 Å². The number of carboxylic acids is 1. The van der Waals surface area contributed by atoms with Gasteiger partial charge < -0.3 is 40.0 Å². The van der Waals surface area contributed by atoms with Crippen LogP contribution >= 0.6 is 0 Å². The van der Waals surface area contributed by atoms with Crippen molar-refractivity contribution in [3.05, 3.63) is 11.6 Å². The van der Waals surface area contributed by atoms with E-state index >= 15 is 0 Å². The molecule has 13 atom stereocenters. The number of hydrogen-bond acceptors (Lipinski definition) is 8. The highest BCUT2D eigenvalue weighted by atomic mass is 16.7. The Morgan fingerprint density at radius 3 is 2.30 bits per heavy atom. The molecule has 4 saturated carbocycles. The molecule has 6 rings (SSSR count). The van der Waals surface area contributed by atoms with Crippen molar-refractivity contribution in [2.75, 3.05) is 13.2 Å². The van der Waals surface area contributed by atoms with Crippen molar-refractivity contribution < 1.29 is 44.2 Å². The van der Waals surface area contributed by atoms with E-state index in [2.05, 4.69) is 59.9 Å². The van der Waals surface area contributed by atoms with E-state index in [1.54, 1.807) is 0 Å². The summed E-state index contributed by atoms with van der Waals surface area (Å²) in [6, 6.07) is -1.08. The van der Waals surface area contributed by atoms with Gasteiger partial charge in [0.25, 0.3) is 0 Å². The molecule has 0 aromatic carbocycles. The van der Waals surface area contributed by atoms with E-state index in [1.807, 2.05) is 6.92 Å². The maximum Gasteiger partial charge on any atom is 0.407 e. The van der Waals surface area contributed by atoms with E-state index < -0.39 is 54.7 Å². The van der Waals surface area contributed by atoms with Crippen molar-refractivity contribution in [2.24, 2.45) is 50.2 Å². The average Bonchev–Trinajstić information content (AvgIpc) is 3.04. The van der Waals surface area contributed by atoms with Gasteiger partial charge in [0, 0.05) is 0 Å². The van der Waals surface area contributed by atoms with Crippen molar-refractivity contribution in [2.45, 2.75) is 163 Å². The van der Waals surface area contributed by atoms with E-state index in [0.29, 0.717) is 18.3 Å². The molecular weight excluding hydrogens is 638 g/mol. The Morgan fingerprint density at radius 1 is 0.940 bits per heavy atom. The number of rotatable bonds is 7. The number of fused-ring (bicyclic) bond motifs is 7. The monoisotopic (exact) mass is 703 g/mol. The van der Waals surface area contributed by atoms with Gasteiger partial charge in [0.15, 0.2) is 6.29 Å². The lowest BCUT2D eigenvalue weighted by molar-refractivity contribution is -0.306. The lowest BCUT2D eigenvalue weighted by atomic mass is 9.33. The van der Waals surface area contributed by atoms with Crippen molar-refractivity contribution in [3.63, 3.8) is 0 Å². The Bertz CT molecular complexity index is 1350. The summed E-state index contributed by atoms with van der Waals surface area (Å²) < 4.78 is 18.0. The number of aliphatic hydroxyl groups excluding tert-OH is 3. The number of aliphatic hydroxyl groups is 3. The van der Waals surface area contributed by atoms with Gasteiger partial charge >= 0.3 is 12.1 Å². The van der Waals surface area contributed by atoms with Gasteiger partial charge in [-0.3, -0.25) is 4.79 Å². The summed E-state index contributed by atoms with van der Waals surface area (Å²) >= 11 is 0. The predicted molar refractivity (Wildman–Crippen MR) is 188 cm³/mol. The van der Waals surface area contributed by atoms with Crippen LogP contribution < -0.4 is 5.32 Å². The number of ether oxygens (including phenoxy) is 3. The third kappa shape index (κ3) is 5.68. The van der Waals surface area contributed by atoms with Gasteiger partial charge in [0.05, 0.1) is 24.7 Å². The number of hydrogen-bond donors (Lipinski definition) is 5. The van der Waals surface area contributed by atoms with Crippen molar-refractivity contribution in [1.29, 1.82) is 0 Å². The fraction of sp³-hybridized carbons (Fsp3) is 0.900. The van der Waals surface area contributed by atoms with Gasteiger partial charge in [-0.1, -0.05) is 67.0 Å². The second kappa shape index (κ2) is 13.0. The van der Waals surface area contributed by atoms with Gasteiger partial charge in [0.2, 0.25) is 0 Å². The molecule has 1 saturated heterocycles. The zero-order chi connectivity index (χ0) is 36.7. The SMILES string of the molecule is CCCOC(=O)N[C@H]1[C@H](O[C@H]2CC[C@]3(C)[C@H]4CC=C5[C@@H]6CC(C)(C)CC[C@]6(C(=O)O)CC[C@@]5(C)[C@]4(C)CC[C@H]3C2(C)C)O[C@H](CO)[C@@H](O)[C@@H]1O. The molecule has 1 heterocycles.